The van der Waals surface area contributed by atoms with Gasteiger partial charge in [0.2, 0.25) is 0 Å². The second-order valence-electron chi connectivity index (χ2n) is 6.79. The van der Waals surface area contributed by atoms with E-state index in [1.54, 1.807) is 0 Å². The van der Waals surface area contributed by atoms with Crippen LogP contribution in [0.2, 0.25) is 0 Å². The van der Waals surface area contributed by atoms with E-state index in [2.05, 4.69) is 84.6 Å². The van der Waals surface area contributed by atoms with Gasteiger partial charge in [-0.3, -0.25) is 0 Å². The molecule has 2 aliphatic rings. The molecule has 1 heterocycles. The fraction of sp³-hybridized carbons (Fsp3) is 0.130. The lowest BCUT2D eigenvalue weighted by Gasteiger charge is -2.34. The van der Waals surface area contributed by atoms with Gasteiger partial charge in [0.15, 0.2) is 0 Å². The Bertz CT molecular complexity index is 935. The Labute approximate surface area is 142 Å². The van der Waals surface area contributed by atoms with Crippen LogP contribution in [0.15, 0.2) is 72.3 Å². The molecule has 0 fully saturated rings. The molecule has 1 heteroatoms. The van der Waals surface area contributed by atoms with Crippen molar-refractivity contribution in [2.75, 3.05) is 4.90 Å². The van der Waals surface area contributed by atoms with E-state index >= 15 is 0 Å². The lowest BCUT2D eigenvalue weighted by Crippen LogP contribution is -2.19. The molecule has 116 valence electrons. The molecule has 0 atom stereocenters. The third-order valence-electron chi connectivity index (χ3n) is 5.12. The van der Waals surface area contributed by atoms with Crippen molar-refractivity contribution in [1.29, 1.82) is 0 Å². The summed E-state index contributed by atoms with van der Waals surface area (Å²) in [5, 5.41) is 0. The molecule has 1 nitrogen and oxygen atoms in total. The third-order valence-corrected chi connectivity index (χ3v) is 5.12. The van der Waals surface area contributed by atoms with Gasteiger partial charge in [0.05, 0.1) is 5.69 Å². The van der Waals surface area contributed by atoms with Crippen LogP contribution in [0.25, 0.3) is 6.08 Å². The summed E-state index contributed by atoms with van der Waals surface area (Å²) in [6, 6.07) is 24.3. The van der Waals surface area contributed by atoms with E-state index in [0.717, 1.165) is 12.8 Å². The molecule has 0 aromatic heterocycles. The summed E-state index contributed by atoms with van der Waals surface area (Å²) < 4.78 is 0. The number of hydrogen-bond donors (Lipinski definition) is 0. The fourth-order valence-electron chi connectivity index (χ4n) is 4.06. The van der Waals surface area contributed by atoms with Crippen LogP contribution in [0.3, 0.4) is 0 Å². The number of anilines is 3. The van der Waals surface area contributed by atoms with Crippen molar-refractivity contribution < 1.29 is 0 Å². The summed E-state index contributed by atoms with van der Waals surface area (Å²) in [6.45, 7) is 2.22. The molecule has 0 spiro atoms. The molecule has 1 aliphatic heterocycles. The smallest absolute Gasteiger partial charge is 0.0537 e. The Morgan fingerprint density at radius 1 is 0.625 bits per heavy atom. The zero-order chi connectivity index (χ0) is 16.1. The number of para-hydroxylation sites is 2. The molecule has 0 saturated heterocycles. The van der Waals surface area contributed by atoms with Crippen LogP contribution in [-0.2, 0) is 12.8 Å². The second-order valence-corrected chi connectivity index (χ2v) is 6.79. The first kappa shape index (κ1) is 13.6. The van der Waals surface area contributed by atoms with Crippen molar-refractivity contribution in [2.24, 2.45) is 0 Å². The molecule has 5 rings (SSSR count). The Hall–Kier alpha value is -2.80. The van der Waals surface area contributed by atoms with Crippen molar-refractivity contribution >= 4 is 23.1 Å². The minimum atomic E-state index is 1.01. The number of nitrogens with zero attached hydrogens (tertiary/aromatic N) is 1. The normalized spacial score (nSPS) is 14.7. The highest BCUT2D eigenvalue weighted by molar-refractivity contribution is 5.89. The van der Waals surface area contributed by atoms with E-state index in [9.17, 15) is 0 Å². The van der Waals surface area contributed by atoms with Crippen molar-refractivity contribution in [3.8, 4) is 0 Å². The van der Waals surface area contributed by atoms with Gasteiger partial charge in [-0.25, -0.2) is 0 Å². The number of fused-ring (bicyclic) bond motifs is 3. The maximum atomic E-state index is 2.45. The van der Waals surface area contributed by atoms with E-state index in [1.807, 2.05) is 0 Å². The molecule has 3 aromatic rings. The predicted octanol–water partition coefficient (Wildman–Crippen LogP) is 6.02. The lowest BCUT2D eigenvalue weighted by atomic mass is 9.94. The van der Waals surface area contributed by atoms with E-state index in [1.165, 1.54) is 44.9 Å². The minimum absolute atomic E-state index is 1.01. The SMILES string of the molecule is CC1=Cc2c(cccc2N2c3ccccc3Cc3ccccc32)C1. The molecular weight excluding hydrogens is 290 g/mol. The van der Waals surface area contributed by atoms with Gasteiger partial charge in [-0.1, -0.05) is 60.2 Å². The van der Waals surface area contributed by atoms with Gasteiger partial charge in [0.1, 0.15) is 0 Å². The first-order valence-corrected chi connectivity index (χ1v) is 8.56. The molecule has 0 radical (unpaired) electrons. The Morgan fingerprint density at radius 3 is 1.92 bits per heavy atom. The van der Waals surface area contributed by atoms with Gasteiger partial charge in [0, 0.05) is 23.4 Å². The van der Waals surface area contributed by atoms with Crippen LogP contribution in [0.5, 0.6) is 0 Å². The molecular formula is C23H19N. The third kappa shape index (κ3) is 1.94. The fourth-order valence-corrected chi connectivity index (χ4v) is 4.06. The number of rotatable bonds is 1. The highest BCUT2D eigenvalue weighted by atomic mass is 15.2. The van der Waals surface area contributed by atoms with Crippen LogP contribution in [0.4, 0.5) is 17.1 Å². The van der Waals surface area contributed by atoms with Gasteiger partial charge < -0.3 is 4.90 Å². The molecule has 3 aromatic carbocycles. The van der Waals surface area contributed by atoms with E-state index in [-0.39, 0.29) is 0 Å². The summed E-state index contributed by atoms with van der Waals surface area (Å²) in [4.78, 5) is 2.45. The molecule has 0 amide bonds. The number of hydrogen-bond acceptors (Lipinski definition) is 1. The molecule has 1 aliphatic carbocycles. The average molecular weight is 309 g/mol. The zero-order valence-electron chi connectivity index (χ0n) is 13.8. The second kappa shape index (κ2) is 5.10. The maximum absolute atomic E-state index is 2.45. The van der Waals surface area contributed by atoms with Crippen molar-refractivity contribution in [3.63, 3.8) is 0 Å². The monoisotopic (exact) mass is 309 g/mol. The standard InChI is InChI=1S/C23H19N/c1-16-13-17-9-6-12-23(20(17)14-16)24-21-10-4-2-7-18(21)15-19-8-3-5-11-22(19)24/h2-12,14H,13,15H2,1H3. The van der Waals surface area contributed by atoms with E-state index in [4.69, 9.17) is 0 Å². The van der Waals surface area contributed by atoms with E-state index in [0.29, 0.717) is 0 Å². The van der Waals surface area contributed by atoms with Crippen LogP contribution < -0.4 is 4.90 Å². The summed E-state index contributed by atoms with van der Waals surface area (Å²) in [5.41, 5.74) is 11.0. The highest BCUT2D eigenvalue weighted by Crippen LogP contribution is 2.46. The Kier molecular flexibility index (Phi) is 2.90. The van der Waals surface area contributed by atoms with Crippen molar-refractivity contribution in [2.45, 2.75) is 19.8 Å². The minimum Gasteiger partial charge on any atom is -0.309 e. The quantitative estimate of drug-likeness (QED) is 0.415. The molecule has 0 unspecified atom stereocenters. The summed E-state index contributed by atoms with van der Waals surface area (Å²) >= 11 is 0. The first-order chi connectivity index (χ1) is 11.8. The van der Waals surface area contributed by atoms with Gasteiger partial charge in [0.25, 0.3) is 0 Å². The Balaban J connectivity index is 1.80. The van der Waals surface area contributed by atoms with Gasteiger partial charge in [-0.05, 0) is 48.2 Å². The average Bonchev–Trinajstić information content (AvgIpc) is 3.00. The van der Waals surface area contributed by atoms with Crippen LogP contribution in [0.1, 0.15) is 29.2 Å². The molecule has 24 heavy (non-hydrogen) atoms. The van der Waals surface area contributed by atoms with Gasteiger partial charge in [-0.15, -0.1) is 0 Å². The summed E-state index contributed by atoms with van der Waals surface area (Å²) in [6.07, 6.45) is 4.43. The molecule has 0 saturated carbocycles. The summed E-state index contributed by atoms with van der Waals surface area (Å²) in [5.74, 6) is 0. The topological polar surface area (TPSA) is 3.24 Å². The van der Waals surface area contributed by atoms with Gasteiger partial charge in [-0.2, -0.15) is 0 Å². The highest BCUT2D eigenvalue weighted by Gasteiger charge is 2.26. The largest absolute Gasteiger partial charge is 0.309 e. The van der Waals surface area contributed by atoms with Crippen molar-refractivity contribution in [3.05, 3.63) is 94.6 Å². The Morgan fingerprint density at radius 2 is 1.21 bits per heavy atom. The van der Waals surface area contributed by atoms with Crippen LogP contribution in [0, 0.1) is 0 Å². The van der Waals surface area contributed by atoms with Crippen LogP contribution in [-0.4, -0.2) is 0 Å². The number of benzene rings is 3. The molecule has 0 N–H and O–H groups in total. The lowest BCUT2D eigenvalue weighted by molar-refractivity contribution is 1.08. The number of allylic oxidation sites excluding steroid dienone is 1. The van der Waals surface area contributed by atoms with Gasteiger partial charge >= 0.3 is 0 Å². The van der Waals surface area contributed by atoms with Crippen LogP contribution >= 0.6 is 0 Å². The van der Waals surface area contributed by atoms with E-state index < -0.39 is 0 Å². The maximum Gasteiger partial charge on any atom is 0.0537 e. The predicted molar refractivity (Wildman–Crippen MR) is 101 cm³/mol. The first-order valence-electron chi connectivity index (χ1n) is 8.56. The summed E-state index contributed by atoms with van der Waals surface area (Å²) in [7, 11) is 0. The van der Waals surface area contributed by atoms with Crippen molar-refractivity contribution in [1.82, 2.24) is 0 Å². The molecule has 0 bridgehead atoms. The zero-order valence-corrected chi connectivity index (χ0v) is 13.8.